The van der Waals surface area contributed by atoms with E-state index < -0.39 is 0 Å². The second kappa shape index (κ2) is 4.77. The first kappa shape index (κ1) is 12.6. The van der Waals surface area contributed by atoms with Crippen LogP contribution in [0.2, 0.25) is 0 Å². The fraction of sp³-hybridized carbons (Fsp3) is 0.600. The molecular formula is C15H22FN. The number of benzene rings is 1. The lowest BCUT2D eigenvalue weighted by molar-refractivity contribution is 0.491. The zero-order chi connectivity index (χ0) is 12.5. The highest BCUT2D eigenvalue weighted by Gasteiger charge is 2.51. The lowest BCUT2D eigenvalue weighted by atomic mass is 9.93. The van der Waals surface area contributed by atoms with Crippen LogP contribution >= 0.6 is 0 Å². The van der Waals surface area contributed by atoms with Crippen LogP contribution in [-0.2, 0) is 5.41 Å². The maximum absolute atomic E-state index is 13.3. The molecule has 0 saturated heterocycles. The molecule has 94 valence electrons. The fourth-order valence-corrected chi connectivity index (χ4v) is 2.62. The van der Waals surface area contributed by atoms with E-state index in [-0.39, 0.29) is 11.2 Å². The third-order valence-electron chi connectivity index (χ3n) is 3.85. The largest absolute Gasteiger partial charge is 0.316 e. The normalized spacial score (nSPS) is 27.5. The molecule has 1 aliphatic carbocycles. The first-order chi connectivity index (χ1) is 8.04. The van der Waals surface area contributed by atoms with Gasteiger partial charge in [0.25, 0.3) is 0 Å². The van der Waals surface area contributed by atoms with Crippen molar-refractivity contribution in [3.05, 3.63) is 35.6 Å². The third kappa shape index (κ3) is 2.68. The topological polar surface area (TPSA) is 12.0 Å². The van der Waals surface area contributed by atoms with Crippen molar-refractivity contribution in [2.45, 2.75) is 32.6 Å². The zero-order valence-corrected chi connectivity index (χ0v) is 11.0. The van der Waals surface area contributed by atoms with Gasteiger partial charge in [0.05, 0.1) is 0 Å². The minimum absolute atomic E-state index is 0.121. The molecule has 1 nitrogen and oxygen atoms in total. The molecule has 1 saturated carbocycles. The monoisotopic (exact) mass is 235 g/mol. The maximum Gasteiger partial charge on any atom is 0.123 e. The van der Waals surface area contributed by atoms with E-state index in [1.54, 1.807) is 6.07 Å². The summed E-state index contributed by atoms with van der Waals surface area (Å²) in [7, 11) is 0. The first-order valence-electron chi connectivity index (χ1n) is 6.51. The average molecular weight is 235 g/mol. The molecule has 2 unspecified atom stereocenters. The Bertz CT molecular complexity index is 388. The summed E-state index contributed by atoms with van der Waals surface area (Å²) >= 11 is 0. The molecule has 1 fully saturated rings. The van der Waals surface area contributed by atoms with Gasteiger partial charge in [-0.15, -0.1) is 0 Å². The van der Waals surface area contributed by atoms with E-state index in [1.165, 1.54) is 12.5 Å². The Morgan fingerprint density at radius 2 is 2.18 bits per heavy atom. The highest BCUT2D eigenvalue weighted by Crippen LogP contribution is 2.53. The van der Waals surface area contributed by atoms with E-state index >= 15 is 0 Å². The van der Waals surface area contributed by atoms with Crippen LogP contribution in [-0.4, -0.2) is 13.1 Å². The van der Waals surface area contributed by atoms with Crippen molar-refractivity contribution in [3.8, 4) is 0 Å². The number of hydrogen-bond acceptors (Lipinski definition) is 1. The molecular weight excluding hydrogens is 213 g/mol. The first-order valence-corrected chi connectivity index (χ1v) is 6.51. The molecule has 2 rings (SSSR count). The predicted molar refractivity (Wildman–Crippen MR) is 69.6 cm³/mol. The summed E-state index contributed by atoms with van der Waals surface area (Å²) in [5, 5.41) is 3.51. The van der Waals surface area contributed by atoms with Gasteiger partial charge in [-0.05, 0) is 42.5 Å². The van der Waals surface area contributed by atoms with Crippen LogP contribution in [0.3, 0.4) is 0 Å². The number of halogens is 1. The molecule has 0 radical (unpaired) electrons. The highest BCUT2D eigenvalue weighted by molar-refractivity contribution is 5.34. The quantitative estimate of drug-likeness (QED) is 0.825. The van der Waals surface area contributed by atoms with Gasteiger partial charge in [0, 0.05) is 12.0 Å². The van der Waals surface area contributed by atoms with Gasteiger partial charge < -0.3 is 5.32 Å². The molecule has 0 aromatic heterocycles. The minimum Gasteiger partial charge on any atom is -0.316 e. The van der Waals surface area contributed by atoms with Crippen LogP contribution in [0.5, 0.6) is 0 Å². The molecule has 1 aliphatic rings. The fourth-order valence-electron chi connectivity index (χ4n) is 2.62. The van der Waals surface area contributed by atoms with Crippen molar-refractivity contribution >= 4 is 0 Å². The maximum atomic E-state index is 13.3. The molecule has 1 aromatic rings. The molecule has 1 N–H and O–H groups in total. The molecule has 0 aliphatic heterocycles. The van der Waals surface area contributed by atoms with Crippen molar-refractivity contribution in [2.24, 2.45) is 11.8 Å². The van der Waals surface area contributed by atoms with E-state index in [4.69, 9.17) is 0 Å². The lowest BCUT2D eigenvalue weighted by Gasteiger charge is -2.19. The summed E-state index contributed by atoms with van der Waals surface area (Å²) in [4.78, 5) is 0. The van der Waals surface area contributed by atoms with Gasteiger partial charge in [0.2, 0.25) is 0 Å². The van der Waals surface area contributed by atoms with Gasteiger partial charge >= 0.3 is 0 Å². The van der Waals surface area contributed by atoms with Crippen molar-refractivity contribution in [1.82, 2.24) is 5.32 Å². The second-order valence-electron chi connectivity index (χ2n) is 5.80. The summed E-state index contributed by atoms with van der Waals surface area (Å²) in [5.41, 5.74) is 1.33. The van der Waals surface area contributed by atoms with Crippen molar-refractivity contribution in [3.63, 3.8) is 0 Å². The van der Waals surface area contributed by atoms with E-state index in [0.717, 1.165) is 18.7 Å². The summed E-state index contributed by atoms with van der Waals surface area (Å²) in [6.07, 6.45) is 1.17. The Kier molecular flexibility index (Phi) is 3.53. The Labute approximate surface area is 103 Å². The van der Waals surface area contributed by atoms with Crippen LogP contribution in [0.4, 0.5) is 4.39 Å². The Morgan fingerprint density at radius 1 is 1.47 bits per heavy atom. The van der Waals surface area contributed by atoms with E-state index in [2.05, 4.69) is 32.2 Å². The van der Waals surface area contributed by atoms with Crippen LogP contribution in [0.1, 0.15) is 32.8 Å². The van der Waals surface area contributed by atoms with Gasteiger partial charge in [-0.2, -0.15) is 0 Å². The van der Waals surface area contributed by atoms with Gasteiger partial charge in [0.1, 0.15) is 5.82 Å². The Morgan fingerprint density at radius 3 is 2.71 bits per heavy atom. The van der Waals surface area contributed by atoms with E-state index in [1.807, 2.05) is 6.07 Å². The van der Waals surface area contributed by atoms with Gasteiger partial charge in [-0.1, -0.05) is 32.9 Å². The molecule has 0 amide bonds. The molecule has 2 atom stereocenters. The van der Waals surface area contributed by atoms with Crippen molar-refractivity contribution in [2.75, 3.05) is 13.1 Å². The van der Waals surface area contributed by atoms with E-state index in [9.17, 15) is 4.39 Å². The van der Waals surface area contributed by atoms with Crippen molar-refractivity contribution < 1.29 is 4.39 Å². The van der Waals surface area contributed by atoms with Crippen LogP contribution in [0.25, 0.3) is 0 Å². The molecule has 2 heteroatoms. The molecule has 0 heterocycles. The number of nitrogens with one attached hydrogen (secondary N) is 1. The number of rotatable bonds is 5. The lowest BCUT2D eigenvalue weighted by Crippen LogP contribution is -2.31. The smallest absolute Gasteiger partial charge is 0.123 e. The molecule has 0 spiro atoms. The third-order valence-corrected chi connectivity index (χ3v) is 3.85. The molecule has 1 aromatic carbocycles. The standard InChI is InChI=1S/C15H22FN/c1-11(2)9-17-10-15(8-12(15)3)13-5-4-6-14(16)7-13/h4-7,11-12,17H,8-10H2,1-3H3. The van der Waals surface area contributed by atoms with Gasteiger partial charge in [-0.3, -0.25) is 0 Å². The predicted octanol–water partition coefficient (Wildman–Crippen LogP) is 3.35. The average Bonchev–Trinajstić information content (AvgIpc) is 2.90. The Hall–Kier alpha value is -0.890. The zero-order valence-electron chi connectivity index (χ0n) is 11.0. The van der Waals surface area contributed by atoms with Gasteiger partial charge in [0.15, 0.2) is 0 Å². The number of hydrogen-bond donors (Lipinski definition) is 1. The summed E-state index contributed by atoms with van der Waals surface area (Å²) in [6, 6.07) is 7.09. The van der Waals surface area contributed by atoms with Crippen LogP contribution in [0, 0.1) is 17.7 Å². The summed E-state index contributed by atoms with van der Waals surface area (Å²) < 4.78 is 13.3. The van der Waals surface area contributed by atoms with Crippen molar-refractivity contribution in [1.29, 1.82) is 0 Å². The summed E-state index contributed by atoms with van der Waals surface area (Å²) in [6.45, 7) is 8.66. The van der Waals surface area contributed by atoms with E-state index in [0.29, 0.717) is 11.8 Å². The molecule has 0 bridgehead atoms. The second-order valence-corrected chi connectivity index (χ2v) is 5.80. The van der Waals surface area contributed by atoms with Crippen LogP contribution < -0.4 is 5.32 Å². The van der Waals surface area contributed by atoms with Gasteiger partial charge in [-0.25, -0.2) is 4.39 Å². The highest BCUT2D eigenvalue weighted by atomic mass is 19.1. The summed E-state index contributed by atoms with van der Waals surface area (Å²) in [5.74, 6) is 1.20. The minimum atomic E-state index is -0.121. The van der Waals surface area contributed by atoms with Crippen LogP contribution in [0.15, 0.2) is 24.3 Å². The Balaban J connectivity index is 2.05. The molecule has 17 heavy (non-hydrogen) atoms. The SMILES string of the molecule is CC(C)CNCC1(c2cccc(F)c2)CC1C.